The summed E-state index contributed by atoms with van der Waals surface area (Å²) in [6.07, 6.45) is 5.27. The number of benzene rings is 1. The average molecular weight is 337 g/mol. The summed E-state index contributed by atoms with van der Waals surface area (Å²) in [5, 5.41) is 15.1. The summed E-state index contributed by atoms with van der Waals surface area (Å²) in [7, 11) is 0. The molecule has 0 spiro atoms. The standard InChI is InChI=1S/C18H19N5S/c24-18-22-21-17(23(18)16-9-11-6-7-13(16)8-11)15-10-14(19-20-15)12-4-2-1-3-5-12/h1-5,10-11,13,16H,6-9H2,(H,19,20)(H,22,24)/t11-,13+,16+/m0/s1. The molecule has 2 aliphatic carbocycles. The number of aromatic nitrogens is 5. The first-order valence-corrected chi connectivity index (χ1v) is 8.98. The van der Waals surface area contributed by atoms with Crippen molar-refractivity contribution in [3.05, 3.63) is 41.2 Å². The van der Waals surface area contributed by atoms with Crippen LogP contribution >= 0.6 is 12.2 Å². The second-order valence-electron chi connectivity index (χ2n) is 7.00. The fraction of sp³-hybridized carbons (Fsp3) is 0.389. The van der Waals surface area contributed by atoms with Crippen LogP contribution in [0.5, 0.6) is 0 Å². The molecule has 2 aromatic heterocycles. The zero-order chi connectivity index (χ0) is 16.1. The number of hydrogen-bond donors (Lipinski definition) is 2. The van der Waals surface area contributed by atoms with Gasteiger partial charge in [0.05, 0.1) is 5.69 Å². The van der Waals surface area contributed by atoms with Gasteiger partial charge in [-0.25, -0.2) is 0 Å². The first-order valence-electron chi connectivity index (χ1n) is 8.57. The Bertz CT molecular complexity index is 922. The molecule has 3 atom stereocenters. The summed E-state index contributed by atoms with van der Waals surface area (Å²) in [4.78, 5) is 0. The number of hydrogen-bond acceptors (Lipinski definition) is 3. The number of nitrogens with one attached hydrogen (secondary N) is 2. The molecule has 5 nitrogen and oxygen atoms in total. The van der Waals surface area contributed by atoms with Crippen LogP contribution in [0.4, 0.5) is 0 Å². The Kier molecular flexibility index (Phi) is 3.19. The van der Waals surface area contributed by atoms with Crippen molar-refractivity contribution in [2.45, 2.75) is 31.7 Å². The van der Waals surface area contributed by atoms with Crippen molar-refractivity contribution in [3.8, 4) is 22.8 Å². The molecule has 2 heterocycles. The molecule has 122 valence electrons. The van der Waals surface area contributed by atoms with Gasteiger partial charge in [-0.1, -0.05) is 36.8 Å². The average Bonchev–Trinajstić information content (AvgIpc) is 3.38. The van der Waals surface area contributed by atoms with Gasteiger partial charge in [0.2, 0.25) is 0 Å². The molecule has 3 aromatic rings. The molecule has 2 aliphatic rings. The van der Waals surface area contributed by atoms with Crippen molar-refractivity contribution < 1.29 is 0 Å². The highest BCUT2D eigenvalue weighted by atomic mass is 32.1. The topological polar surface area (TPSA) is 62.3 Å². The van der Waals surface area contributed by atoms with Gasteiger partial charge in [-0.15, -0.1) is 0 Å². The van der Waals surface area contributed by atoms with E-state index in [-0.39, 0.29) is 0 Å². The molecule has 1 aromatic carbocycles. The molecule has 0 unspecified atom stereocenters. The molecule has 0 amide bonds. The van der Waals surface area contributed by atoms with Gasteiger partial charge in [-0.05, 0) is 49.4 Å². The van der Waals surface area contributed by atoms with Crippen LogP contribution in [-0.2, 0) is 0 Å². The smallest absolute Gasteiger partial charge is 0.195 e. The molecule has 6 heteroatoms. The van der Waals surface area contributed by atoms with E-state index >= 15 is 0 Å². The van der Waals surface area contributed by atoms with Crippen LogP contribution < -0.4 is 0 Å². The summed E-state index contributed by atoms with van der Waals surface area (Å²) in [6, 6.07) is 12.7. The van der Waals surface area contributed by atoms with Crippen LogP contribution in [0.25, 0.3) is 22.8 Å². The van der Waals surface area contributed by atoms with Crippen LogP contribution in [0, 0.1) is 16.6 Å². The Morgan fingerprint density at radius 1 is 1.04 bits per heavy atom. The van der Waals surface area contributed by atoms with Gasteiger partial charge >= 0.3 is 0 Å². The lowest BCUT2D eigenvalue weighted by Gasteiger charge is -2.23. The SMILES string of the molecule is S=c1[nH]nc(-c2cc(-c3ccccc3)n[nH]2)n1[C@@H]1C[C@H]2CC[C@@H]1C2. The van der Waals surface area contributed by atoms with Crippen molar-refractivity contribution >= 4 is 12.2 Å². The fourth-order valence-electron chi connectivity index (χ4n) is 4.52. The lowest BCUT2D eigenvalue weighted by atomic mass is 9.95. The van der Waals surface area contributed by atoms with E-state index in [1.807, 2.05) is 18.2 Å². The van der Waals surface area contributed by atoms with Crippen LogP contribution in [0.3, 0.4) is 0 Å². The minimum Gasteiger partial charge on any atom is -0.295 e. The second-order valence-corrected chi connectivity index (χ2v) is 7.38. The maximum Gasteiger partial charge on any atom is 0.195 e. The van der Waals surface area contributed by atoms with Gasteiger partial charge in [0.25, 0.3) is 0 Å². The Morgan fingerprint density at radius 3 is 2.67 bits per heavy atom. The zero-order valence-electron chi connectivity index (χ0n) is 13.3. The normalized spacial score (nSPS) is 25.4. The van der Waals surface area contributed by atoms with E-state index < -0.39 is 0 Å². The van der Waals surface area contributed by atoms with Gasteiger partial charge in [-0.3, -0.25) is 14.8 Å². The third kappa shape index (κ3) is 2.17. The summed E-state index contributed by atoms with van der Waals surface area (Å²) < 4.78 is 2.94. The lowest BCUT2D eigenvalue weighted by Crippen LogP contribution is -2.17. The predicted octanol–water partition coefficient (Wildman–Crippen LogP) is 4.36. The predicted molar refractivity (Wildman–Crippen MR) is 94.9 cm³/mol. The first kappa shape index (κ1) is 14.2. The summed E-state index contributed by atoms with van der Waals surface area (Å²) in [5.74, 6) is 2.49. The number of rotatable bonds is 3. The molecule has 2 fully saturated rings. The highest BCUT2D eigenvalue weighted by molar-refractivity contribution is 7.71. The van der Waals surface area contributed by atoms with Crippen molar-refractivity contribution in [2.75, 3.05) is 0 Å². The highest BCUT2D eigenvalue weighted by Gasteiger charge is 2.41. The molecule has 2 bridgehead atoms. The number of fused-ring (bicyclic) bond motifs is 2. The largest absolute Gasteiger partial charge is 0.295 e. The van der Waals surface area contributed by atoms with Crippen LogP contribution in [-0.4, -0.2) is 25.0 Å². The third-order valence-corrected chi connectivity index (χ3v) is 5.91. The summed E-state index contributed by atoms with van der Waals surface area (Å²) in [6.45, 7) is 0. The van der Waals surface area contributed by atoms with E-state index in [2.05, 4.69) is 43.2 Å². The van der Waals surface area contributed by atoms with Crippen molar-refractivity contribution in [2.24, 2.45) is 11.8 Å². The molecule has 0 radical (unpaired) electrons. The van der Waals surface area contributed by atoms with E-state index in [1.165, 1.54) is 25.7 Å². The summed E-state index contributed by atoms with van der Waals surface area (Å²) in [5.41, 5.74) is 2.95. The van der Waals surface area contributed by atoms with E-state index in [0.717, 1.165) is 39.4 Å². The quantitative estimate of drug-likeness (QED) is 0.698. The molecule has 5 rings (SSSR count). The Hall–Kier alpha value is -2.21. The number of aromatic amines is 2. The number of nitrogens with zero attached hydrogens (tertiary/aromatic N) is 3. The van der Waals surface area contributed by atoms with Crippen LogP contribution in [0.15, 0.2) is 36.4 Å². The molecule has 2 saturated carbocycles. The molecular weight excluding hydrogens is 318 g/mol. The van der Waals surface area contributed by atoms with Gasteiger partial charge in [0.1, 0.15) is 5.69 Å². The molecule has 2 N–H and O–H groups in total. The maximum atomic E-state index is 5.54. The van der Waals surface area contributed by atoms with Gasteiger partial charge in [0.15, 0.2) is 10.6 Å². The van der Waals surface area contributed by atoms with Crippen molar-refractivity contribution in [1.29, 1.82) is 0 Å². The van der Waals surface area contributed by atoms with Gasteiger partial charge < -0.3 is 0 Å². The zero-order valence-corrected chi connectivity index (χ0v) is 14.1. The molecule has 0 aliphatic heterocycles. The Balaban J connectivity index is 1.54. The highest BCUT2D eigenvalue weighted by Crippen LogP contribution is 2.51. The van der Waals surface area contributed by atoms with Crippen molar-refractivity contribution in [1.82, 2.24) is 25.0 Å². The molecular formula is C18H19N5S. The van der Waals surface area contributed by atoms with E-state index in [9.17, 15) is 0 Å². The van der Waals surface area contributed by atoms with E-state index in [1.54, 1.807) is 0 Å². The summed E-state index contributed by atoms with van der Waals surface area (Å²) >= 11 is 5.54. The minimum absolute atomic E-state index is 0.480. The monoisotopic (exact) mass is 337 g/mol. The maximum absolute atomic E-state index is 5.54. The van der Waals surface area contributed by atoms with E-state index in [0.29, 0.717) is 6.04 Å². The van der Waals surface area contributed by atoms with Crippen LogP contribution in [0.1, 0.15) is 31.7 Å². The van der Waals surface area contributed by atoms with Crippen molar-refractivity contribution in [3.63, 3.8) is 0 Å². The Morgan fingerprint density at radius 2 is 1.92 bits per heavy atom. The minimum atomic E-state index is 0.480. The lowest BCUT2D eigenvalue weighted by molar-refractivity contribution is 0.329. The third-order valence-electron chi connectivity index (χ3n) is 5.63. The molecule has 0 saturated heterocycles. The molecule has 24 heavy (non-hydrogen) atoms. The first-order chi connectivity index (χ1) is 11.8. The number of H-pyrrole nitrogens is 2. The Labute approximate surface area is 145 Å². The van der Waals surface area contributed by atoms with Gasteiger partial charge in [-0.2, -0.15) is 10.2 Å². The second kappa shape index (κ2) is 5.41. The van der Waals surface area contributed by atoms with Crippen LogP contribution in [0.2, 0.25) is 0 Å². The fourth-order valence-corrected chi connectivity index (χ4v) is 4.79. The van der Waals surface area contributed by atoms with E-state index in [4.69, 9.17) is 12.2 Å². The van der Waals surface area contributed by atoms with Gasteiger partial charge in [0, 0.05) is 11.6 Å².